The fourth-order valence-electron chi connectivity index (χ4n) is 4.95. The average Bonchev–Trinajstić information content (AvgIpc) is 3.05. The number of nitrogens with one attached hydrogen (secondary N) is 1. The van der Waals surface area contributed by atoms with E-state index in [0.29, 0.717) is 6.10 Å². The van der Waals surface area contributed by atoms with Crippen molar-refractivity contribution < 1.29 is 9.84 Å². The van der Waals surface area contributed by atoms with Crippen LogP contribution in [-0.4, -0.2) is 64.3 Å². The summed E-state index contributed by atoms with van der Waals surface area (Å²) in [6, 6.07) is 9.56. The molecule has 1 aromatic heterocycles. The molecule has 0 radical (unpaired) electrons. The third-order valence-corrected chi connectivity index (χ3v) is 6.97. The first-order chi connectivity index (χ1) is 13.7. The molecule has 3 aliphatic rings. The van der Waals surface area contributed by atoms with Crippen molar-refractivity contribution in [3.8, 4) is 5.75 Å². The minimum absolute atomic E-state index is 0.112. The summed E-state index contributed by atoms with van der Waals surface area (Å²) in [4.78, 5) is 8.64. The number of piperidine rings is 2. The van der Waals surface area contributed by atoms with Crippen molar-refractivity contribution in [1.82, 2.24) is 14.8 Å². The van der Waals surface area contributed by atoms with E-state index in [2.05, 4.69) is 39.0 Å². The second-order valence-corrected chi connectivity index (χ2v) is 8.99. The molecule has 0 spiro atoms. The van der Waals surface area contributed by atoms with Crippen molar-refractivity contribution in [1.29, 1.82) is 0 Å². The maximum atomic E-state index is 9.68. The van der Waals surface area contributed by atoms with Crippen LogP contribution in [0.3, 0.4) is 0 Å². The zero-order valence-electron chi connectivity index (χ0n) is 16.8. The first-order valence-electron chi connectivity index (χ1n) is 11.2. The number of aliphatic hydroxyl groups is 1. The average molecular weight is 384 g/mol. The Labute approximate surface area is 167 Å². The zero-order chi connectivity index (χ0) is 18.9. The lowest BCUT2D eigenvalue weighted by Gasteiger charge is -2.41. The second kappa shape index (κ2) is 8.05. The highest BCUT2D eigenvalue weighted by Crippen LogP contribution is 2.29. The Kier molecular flexibility index (Phi) is 5.31. The highest BCUT2D eigenvalue weighted by atomic mass is 16.5. The van der Waals surface area contributed by atoms with Crippen LogP contribution < -0.4 is 4.74 Å². The van der Waals surface area contributed by atoms with Crippen LogP contribution in [-0.2, 0) is 6.54 Å². The number of likely N-dealkylation sites (tertiary alicyclic amines) is 2. The lowest BCUT2D eigenvalue weighted by Crippen LogP contribution is -2.46. The molecule has 1 saturated carbocycles. The smallest absolute Gasteiger partial charge is 0.120 e. The van der Waals surface area contributed by atoms with Gasteiger partial charge in [-0.3, -0.25) is 4.90 Å². The maximum Gasteiger partial charge on any atom is 0.120 e. The van der Waals surface area contributed by atoms with E-state index < -0.39 is 0 Å². The monoisotopic (exact) mass is 383 g/mol. The normalized spacial score (nSPS) is 23.9. The Balaban J connectivity index is 1.18. The summed E-state index contributed by atoms with van der Waals surface area (Å²) in [6.45, 7) is 5.26. The van der Waals surface area contributed by atoms with Gasteiger partial charge >= 0.3 is 0 Å². The molecule has 2 saturated heterocycles. The fourth-order valence-corrected chi connectivity index (χ4v) is 4.95. The number of aromatic nitrogens is 1. The molecule has 1 aliphatic carbocycles. The molecule has 3 fully saturated rings. The molecule has 0 atom stereocenters. The van der Waals surface area contributed by atoms with Crippen LogP contribution in [0.4, 0.5) is 0 Å². The standard InChI is InChI=1S/C23H33N3O2/c27-20-6-10-25(11-7-20)16-18-14-17-15-22(4-5-23(17)24-18)28-21-8-12-26(13-9-21)19-2-1-3-19/h4-5,14-15,19-21,24,27H,1-3,6-13,16H2. The summed E-state index contributed by atoms with van der Waals surface area (Å²) in [5.74, 6) is 1.00. The molecule has 1 aromatic carbocycles. The fraction of sp³-hybridized carbons (Fsp3) is 0.652. The summed E-state index contributed by atoms with van der Waals surface area (Å²) in [7, 11) is 0. The number of H-pyrrole nitrogens is 1. The van der Waals surface area contributed by atoms with Gasteiger partial charge in [-0.1, -0.05) is 6.42 Å². The lowest BCUT2D eigenvalue weighted by atomic mass is 9.90. The van der Waals surface area contributed by atoms with Crippen LogP contribution in [0, 0.1) is 0 Å². The van der Waals surface area contributed by atoms with E-state index in [0.717, 1.165) is 57.1 Å². The number of rotatable bonds is 5. The molecule has 2 aromatic rings. The van der Waals surface area contributed by atoms with Crippen molar-refractivity contribution in [2.75, 3.05) is 26.2 Å². The number of aromatic amines is 1. The third-order valence-electron chi connectivity index (χ3n) is 6.97. The molecular formula is C23H33N3O2. The van der Waals surface area contributed by atoms with Crippen molar-refractivity contribution >= 4 is 10.9 Å². The van der Waals surface area contributed by atoms with E-state index in [1.165, 1.54) is 48.9 Å². The molecule has 2 aliphatic heterocycles. The Morgan fingerprint density at radius 2 is 1.75 bits per heavy atom. The van der Waals surface area contributed by atoms with Crippen LogP contribution in [0.25, 0.3) is 10.9 Å². The predicted octanol–water partition coefficient (Wildman–Crippen LogP) is 3.52. The van der Waals surface area contributed by atoms with Gasteiger partial charge in [0.25, 0.3) is 0 Å². The van der Waals surface area contributed by atoms with Gasteiger partial charge < -0.3 is 19.7 Å². The van der Waals surface area contributed by atoms with Gasteiger partial charge in [0.2, 0.25) is 0 Å². The van der Waals surface area contributed by atoms with Gasteiger partial charge in [-0.05, 0) is 62.8 Å². The number of hydrogen-bond acceptors (Lipinski definition) is 4. The van der Waals surface area contributed by atoms with Crippen molar-refractivity contribution in [2.24, 2.45) is 0 Å². The minimum atomic E-state index is -0.112. The van der Waals surface area contributed by atoms with E-state index in [1.807, 2.05) is 0 Å². The van der Waals surface area contributed by atoms with Gasteiger partial charge in [0.05, 0.1) is 6.10 Å². The van der Waals surface area contributed by atoms with E-state index in [-0.39, 0.29) is 6.10 Å². The highest BCUT2D eigenvalue weighted by molar-refractivity contribution is 5.81. The summed E-state index contributed by atoms with van der Waals surface area (Å²) in [6.07, 6.45) is 8.52. The SMILES string of the molecule is OC1CCN(Cc2cc3cc(OC4CCN(C5CCC5)CC4)ccc3[nH]2)CC1. The van der Waals surface area contributed by atoms with E-state index in [9.17, 15) is 5.11 Å². The first-order valence-corrected chi connectivity index (χ1v) is 11.2. The van der Waals surface area contributed by atoms with Crippen LogP contribution >= 0.6 is 0 Å². The Bertz CT molecular complexity index is 784. The Morgan fingerprint density at radius 1 is 0.964 bits per heavy atom. The van der Waals surface area contributed by atoms with Gasteiger partial charge in [0, 0.05) is 55.4 Å². The van der Waals surface area contributed by atoms with Crippen molar-refractivity contribution in [3.05, 3.63) is 30.0 Å². The molecule has 2 N–H and O–H groups in total. The van der Waals surface area contributed by atoms with Crippen molar-refractivity contribution in [3.63, 3.8) is 0 Å². The van der Waals surface area contributed by atoms with Gasteiger partial charge in [0.15, 0.2) is 0 Å². The molecule has 0 amide bonds. The number of benzene rings is 1. The van der Waals surface area contributed by atoms with Crippen LogP contribution in [0.15, 0.2) is 24.3 Å². The second-order valence-electron chi connectivity index (χ2n) is 8.99. The van der Waals surface area contributed by atoms with Crippen molar-refractivity contribution in [2.45, 2.75) is 69.7 Å². The molecule has 5 heteroatoms. The molecule has 3 heterocycles. The number of aliphatic hydroxyl groups excluding tert-OH is 1. The number of nitrogens with zero attached hydrogens (tertiary/aromatic N) is 2. The molecular weight excluding hydrogens is 350 g/mol. The summed E-state index contributed by atoms with van der Waals surface area (Å²) in [5.41, 5.74) is 2.43. The topological polar surface area (TPSA) is 51.7 Å². The van der Waals surface area contributed by atoms with E-state index in [4.69, 9.17) is 4.74 Å². The van der Waals surface area contributed by atoms with Gasteiger partial charge in [-0.2, -0.15) is 0 Å². The molecule has 5 rings (SSSR count). The summed E-state index contributed by atoms with van der Waals surface area (Å²) < 4.78 is 6.34. The van der Waals surface area contributed by atoms with Crippen LogP contribution in [0.2, 0.25) is 0 Å². The molecule has 0 unspecified atom stereocenters. The molecule has 152 valence electrons. The number of ether oxygens (including phenoxy) is 1. The van der Waals surface area contributed by atoms with Crippen LogP contribution in [0.5, 0.6) is 5.75 Å². The van der Waals surface area contributed by atoms with E-state index >= 15 is 0 Å². The largest absolute Gasteiger partial charge is 0.490 e. The predicted molar refractivity (Wildman–Crippen MR) is 112 cm³/mol. The van der Waals surface area contributed by atoms with Gasteiger partial charge in [-0.15, -0.1) is 0 Å². The van der Waals surface area contributed by atoms with Gasteiger partial charge in [-0.25, -0.2) is 0 Å². The number of hydrogen-bond donors (Lipinski definition) is 2. The summed E-state index contributed by atoms with van der Waals surface area (Å²) in [5, 5.41) is 10.9. The quantitative estimate of drug-likeness (QED) is 0.829. The first kappa shape index (κ1) is 18.5. The molecule has 28 heavy (non-hydrogen) atoms. The number of fused-ring (bicyclic) bond motifs is 1. The minimum Gasteiger partial charge on any atom is -0.490 e. The third kappa shape index (κ3) is 4.07. The highest BCUT2D eigenvalue weighted by Gasteiger charge is 2.29. The zero-order valence-corrected chi connectivity index (χ0v) is 16.8. The molecule has 5 nitrogen and oxygen atoms in total. The Hall–Kier alpha value is -1.56. The molecule has 0 bridgehead atoms. The van der Waals surface area contributed by atoms with Crippen LogP contribution in [0.1, 0.15) is 50.6 Å². The van der Waals surface area contributed by atoms with E-state index in [1.54, 1.807) is 0 Å². The maximum absolute atomic E-state index is 9.68. The lowest BCUT2D eigenvalue weighted by molar-refractivity contribution is 0.0494. The van der Waals surface area contributed by atoms with Gasteiger partial charge in [0.1, 0.15) is 11.9 Å². The Morgan fingerprint density at radius 3 is 2.46 bits per heavy atom. The summed E-state index contributed by atoms with van der Waals surface area (Å²) >= 11 is 0.